The molecular weight excluding hydrogens is 352 g/mol. The van der Waals surface area contributed by atoms with Crippen LogP contribution in [0.1, 0.15) is 61.0 Å². The number of carbonyl (C=O) groups excluding carboxylic acids is 2. The van der Waals surface area contributed by atoms with Gasteiger partial charge in [0.1, 0.15) is 0 Å². The van der Waals surface area contributed by atoms with E-state index in [1.807, 2.05) is 97.5 Å². The van der Waals surface area contributed by atoms with E-state index in [0.29, 0.717) is 12.2 Å². The van der Waals surface area contributed by atoms with E-state index in [2.05, 4.69) is 10.6 Å². The Bertz CT molecular complexity index is 697. The summed E-state index contributed by atoms with van der Waals surface area (Å²) in [5.41, 5.74) is 1.95. The summed E-state index contributed by atoms with van der Waals surface area (Å²) in [6.45, 7) is 16.2. The van der Waals surface area contributed by atoms with Gasteiger partial charge in [0, 0.05) is 49.0 Å². The highest BCUT2D eigenvalue weighted by Gasteiger charge is 2.29. The molecule has 0 saturated heterocycles. The second-order valence-corrected chi connectivity index (χ2v) is 9.84. The van der Waals surface area contributed by atoms with Gasteiger partial charge in [-0.15, -0.1) is 0 Å². The number of benzene rings is 1. The molecule has 0 bridgehead atoms. The van der Waals surface area contributed by atoms with Crippen LogP contribution in [0, 0.1) is 5.41 Å². The van der Waals surface area contributed by atoms with E-state index >= 15 is 0 Å². The number of rotatable bonds is 5. The Labute approximate surface area is 170 Å². The minimum Gasteiger partial charge on any atom is -0.377 e. The molecule has 1 aromatic rings. The van der Waals surface area contributed by atoms with Crippen LogP contribution >= 0.6 is 0 Å². The molecule has 0 fully saturated rings. The fraction of sp³-hybridized carbons (Fsp3) is 0.636. The summed E-state index contributed by atoms with van der Waals surface area (Å²) in [5.74, 6) is 0.107. The van der Waals surface area contributed by atoms with Crippen LogP contribution < -0.4 is 15.5 Å². The minimum absolute atomic E-state index is 0.0718. The van der Waals surface area contributed by atoms with E-state index in [1.165, 1.54) is 0 Å². The van der Waals surface area contributed by atoms with Crippen LogP contribution in [0.2, 0.25) is 0 Å². The highest BCUT2D eigenvalue weighted by atomic mass is 16.2. The first-order valence-corrected chi connectivity index (χ1v) is 9.82. The van der Waals surface area contributed by atoms with E-state index in [-0.39, 0.29) is 23.5 Å². The van der Waals surface area contributed by atoms with E-state index < -0.39 is 5.41 Å². The van der Waals surface area contributed by atoms with Gasteiger partial charge in [-0.1, -0.05) is 20.8 Å². The van der Waals surface area contributed by atoms with Crippen molar-refractivity contribution in [1.29, 1.82) is 0 Å². The smallest absolute Gasteiger partial charge is 0.319 e. The molecule has 0 aromatic heterocycles. The summed E-state index contributed by atoms with van der Waals surface area (Å²) in [6.07, 6.45) is 0. The van der Waals surface area contributed by atoms with Gasteiger partial charge in [-0.3, -0.25) is 4.79 Å². The number of amides is 3. The summed E-state index contributed by atoms with van der Waals surface area (Å²) in [4.78, 5) is 29.1. The van der Waals surface area contributed by atoms with E-state index in [1.54, 1.807) is 0 Å². The molecule has 1 rings (SSSR count). The SMILES string of the molecule is CC(C)N(Cc1cc(NC(=O)NC(C)(C)C)ccc1N(C)C)C(=O)C(C)(C)C. The molecule has 158 valence electrons. The monoisotopic (exact) mass is 390 g/mol. The Balaban J connectivity index is 3.20. The first-order chi connectivity index (χ1) is 12.6. The largest absolute Gasteiger partial charge is 0.377 e. The molecule has 3 amide bonds. The molecule has 0 radical (unpaired) electrons. The molecule has 0 spiro atoms. The number of hydrogen-bond donors (Lipinski definition) is 2. The zero-order valence-electron chi connectivity index (χ0n) is 19.2. The number of carbonyl (C=O) groups is 2. The fourth-order valence-corrected chi connectivity index (χ4v) is 2.83. The van der Waals surface area contributed by atoms with Crippen molar-refractivity contribution in [3.63, 3.8) is 0 Å². The lowest BCUT2D eigenvalue weighted by atomic mass is 9.93. The zero-order chi connectivity index (χ0) is 21.9. The first-order valence-electron chi connectivity index (χ1n) is 9.82. The molecule has 0 aliphatic rings. The maximum Gasteiger partial charge on any atom is 0.319 e. The summed E-state index contributed by atoms with van der Waals surface area (Å²) in [6, 6.07) is 5.63. The number of urea groups is 1. The molecule has 0 heterocycles. The van der Waals surface area contributed by atoms with E-state index in [0.717, 1.165) is 11.3 Å². The van der Waals surface area contributed by atoms with Gasteiger partial charge in [0.05, 0.1) is 0 Å². The molecule has 0 aliphatic carbocycles. The molecule has 2 N–H and O–H groups in total. The predicted molar refractivity (Wildman–Crippen MR) is 118 cm³/mol. The van der Waals surface area contributed by atoms with Gasteiger partial charge >= 0.3 is 6.03 Å². The average Bonchev–Trinajstić information content (AvgIpc) is 2.48. The molecule has 0 saturated carbocycles. The number of nitrogens with one attached hydrogen (secondary N) is 2. The van der Waals surface area contributed by atoms with Crippen LogP contribution in [0.3, 0.4) is 0 Å². The van der Waals surface area contributed by atoms with Crippen molar-refractivity contribution in [3.8, 4) is 0 Å². The van der Waals surface area contributed by atoms with Crippen molar-refractivity contribution >= 4 is 23.3 Å². The summed E-state index contributed by atoms with van der Waals surface area (Å²) in [7, 11) is 3.95. The molecule has 0 unspecified atom stereocenters. The lowest BCUT2D eigenvalue weighted by Crippen LogP contribution is -2.43. The van der Waals surface area contributed by atoms with Gasteiger partial charge in [0.2, 0.25) is 5.91 Å². The van der Waals surface area contributed by atoms with Gasteiger partial charge in [0.25, 0.3) is 0 Å². The van der Waals surface area contributed by atoms with Gasteiger partial charge in [0.15, 0.2) is 0 Å². The van der Waals surface area contributed by atoms with Crippen molar-refractivity contribution in [2.45, 2.75) is 73.5 Å². The fourth-order valence-electron chi connectivity index (χ4n) is 2.83. The van der Waals surface area contributed by atoms with Crippen molar-refractivity contribution < 1.29 is 9.59 Å². The molecule has 28 heavy (non-hydrogen) atoms. The second kappa shape index (κ2) is 8.84. The third-order valence-electron chi connectivity index (χ3n) is 4.17. The Kier molecular flexibility index (Phi) is 7.52. The van der Waals surface area contributed by atoms with E-state index in [9.17, 15) is 9.59 Å². The van der Waals surface area contributed by atoms with Crippen molar-refractivity contribution in [2.75, 3.05) is 24.3 Å². The van der Waals surface area contributed by atoms with Gasteiger partial charge in [-0.05, 0) is 58.4 Å². The highest BCUT2D eigenvalue weighted by Crippen LogP contribution is 2.27. The third-order valence-corrected chi connectivity index (χ3v) is 4.17. The number of nitrogens with zero attached hydrogens (tertiary/aromatic N) is 2. The Morgan fingerprint density at radius 2 is 1.61 bits per heavy atom. The number of anilines is 2. The normalized spacial score (nSPS) is 12.0. The van der Waals surface area contributed by atoms with Crippen LogP contribution in [0.25, 0.3) is 0 Å². The molecule has 1 aromatic carbocycles. The van der Waals surface area contributed by atoms with Gasteiger partial charge < -0.3 is 20.4 Å². The van der Waals surface area contributed by atoms with E-state index in [4.69, 9.17) is 0 Å². The van der Waals surface area contributed by atoms with Gasteiger partial charge in [-0.2, -0.15) is 0 Å². The zero-order valence-corrected chi connectivity index (χ0v) is 19.2. The summed E-state index contributed by atoms with van der Waals surface area (Å²) >= 11 is 0. The molecule has 0 atom stereocenters. The standard InChI is InChI=1S/C22H38N4O2/c1-15(2)26(19(27)21(3,4)5)14-16-13-17(11-12-18(16)25(9)10)23-20(28)24-22(6,7)8/h11-13,15H,14H2,1-10H3,(H2,23,24,28). The van der Waals surface area contributed by atoms with Gasteiger partial charge in [-0.25, -0.2) is 4.79 Å². The Hall–Kier alpha value is -2.24. The first kappa shape index (κ1) is 23.8. The summed E-state index contributed by atoms with van der Waals surface area (Å²) < 4.78 is 0. The Morgan fingerprint density at radius 1 is 1.04 bits per heavy atom. The lowest BCUT2D eigenvalue weighted by Gasteiger charge is -2.34. The quantitative estimate of drug-likeness (QED) is 0.780. The van der Waals surface area contributed by atoms with Crippen LogP contribution in [0.15, 0.2) is 18.2 Å². The highest BCUT2D eigenvalue weighted by molar-refractivity contribution is 5.90. The number of hydrogen-bond acceptors (Lipinski definition) is 3. The topological polar surface area (TPSA) is 64.7 Å². The maximum absolute atomic E-state index is 12.9. The van der Waals surface area contributed by atoms with Crippen LogP contribution in [0.5, 0.6) is 0 Å². The van der Waals surface area contributed by atoms with Crippen LogP contribution in [-0.2, 0) is 11.3 Å². The van der Waals surface area contributed by atoms with Crippen molar-refractivity contribution in [1.82, 2.24) is 10.2 Å². The predicted octanol–water partition coefficient (Wildman–Crippen LogP) is 4.46. The third kappa shape index (κ3) is 7.06. The Morgan fingerprint density at radius 3 is 2.04 bits per heavy atom. The molecule has 0 aliphatic heterocycles. The van der Waals surface area contributed by atoms with Crippen molar-refractivity contribution in [2.24, 2.45) is 5.41 Å². The van der Waals surface area contributed by atoms with Crippen LogP contribution in [0.4, 0.5) is 16.2 Å². The maximum atomic E-state index is 12.9. The molecule has 6 nitrogen and oxygen atoms in total. The second-order valence-electron chi connectivity index (χ2n) is 9.84. The van der Waals surface area contributed by atoms with Crippen LogP contribution in [-0.4, -0.2) is 42.5 Å². The average molecular weight is 391 g/mol. The minimum atomic E-state index is -0.453. The van der Waals surface area contributed by atoms with Crippen molar-refractivity contribution in [3.05, 3.63) is 23.8 Å². The summed E-state index contributed by atoms with van der Waals surface area (Å²) in [5, 5.41) is 5.79. The molecule has 6 heteroatoms. The molecular formula is C22H38N4O2. The lowest BCUT2D eigenvalue weighted by molar-refractivity contribution is -0.142.